The van der Waals surface area contributed by atoms with E-state index in [4.69, 9.17) is 4.42 Å². The van der Waals surface area contributed by atoms with Crippen molar-refractivity contribution in [2.75, 3.05) is 6.54 Å². The Balaban J connectivity index is 1.57. The highest BCUT2D eigenvalue weighted by Crippen LogP contribution is 2.01. The number of amides is 1. The van der Waals surface area contributed by atoms with Crippen molar-refractivity contribution >= 4 is 12.0 Å². The zero-order valence-corrected chi connectivity index (χ0v) is 12.6. The molecule has 0 fully saturated rings. The fraction of sp³-hybridized carbons (Fsp3) is 0.133. The molecule has 24 heavy (non-hydrogen) atoms. The molecule has 0 radical (unpaired) electrons. The molecule has 0 atom stereocenters. The van der Waals surface area contributed by atoms with Crippen molar-refractivity contribution in [3.8, 4) is 5.82 Å². The van der Waals surface area contributed by atoms with Crippen LogP contribution in [0.1, 0.15) is 5.76 Å². The maximum Gasteiger partial charge on any atom is 0.266 e. The molecule has 0 aliphatic carbocycles. The van der Waals surface area contributed by atoms with Gasteiger partial charge in [0.1, 0.15) is 18.4 Å². The molecule has 0 saturated heterocycles. The van der Waals surface area contributed by atoms with Crippen molar-refractivity contribution in [2.24, 2.45) is 0 Å². The van der Waals surface area contributed by atoms with Crippen LogP contribution < -0.4 is 10.9 Å². The molecule has 0 aliphatic rings. The summed E-state index contributed by atoms with van der Waals surface area (Å²) in [5.74, 6) is 0.770. The number of nitrogens with zero attached hydrogens (tertiary/aromatic N) is 5. The van der Waals surface area contributed by atoms with E-state index in [9.17, 15) is 9.59 Å². The Labute approximate surface area is 136 Å². The monoisotopic (exact) mass is 326 g/mol. The van der Waals surface area contributed by atoms with Crippen LogP contribution in [0.15, 0.2) is 58.5 Å². The van der Waals surface area contributed by atoms with Gasteiger partial charge in [-0.2, -0.15) is 5.10 Å². The summed E-state index contributed by atoms with van der Waals surface area (Å²) in [5.41, 5.74) is -0.265. The minimum Gasteiger partial charge on any atom is -0.465 e. The molecule has 3 aromatic rings. The van der Waals surface area contributed by atoms with Crippen LogP contribution in [-0.4, -0.2) is 37.0 Å². The fourth-order valence-electron chi connectivity index (χ4n) is 1.93. The standard InChI is InChI=1S/C15H14N6O3/c22-14(5-3-12-2-1-9-24-12)17-7-8-20-15(23)6-4-13(19-20)21-11-16-10-18-21/h1-6,9-11H,7-8H2,(H,17,22). The van der Waals surface area contributed by atoms with Gasteiger partial charge in [-0.15, -0.1) is 5.10 Å². The zero-order chi connectivity index (χ0) is 16.8. The van der Waals surface area contributed by atoms with Crippen molar-refractivity contribution < 1.29 is 9.21 Å². The Morgan fingerprint density at radius 3 is 3.00 bits per heavy atom. The van der Waals surface area contributed by atoms with E-state index in [-0.39, 0.29) is 24.6 Å². The second-order valence-electron chi connectivity index (χ2n) is 4.73. The maximum absolute atomic E-state index is 11.8. The highest BCUT2D eigenvalue weighted by Gasteiger charge is 2.04. The summed E-state index contributed by atoms with van der Waals surface area (Å²) in [6.45, 7) is 0.497. The summed E-state index contributed by atoms with van der Waals surface area (Å²) >= 11 is 0. The van der Waals surface area contributed by atoms with Crippen LogP contribution >= 0.6 is 0 Å². The van der Waals surface area contributed by atoms with Crippen LogP contribution in [0.3, 0.4) is 0 Å². The van der Waals surface area contributed by atoms with Gasteiger partial charge >= 0.3 is 0 Å². The summed E-state index contributed by atoms with van der Waals surface area (Å²) in [5, 5.41) is 10.8. The molecular weight excluding hydrogens is 312 g/mol. The second-order valence-corrected chi connectivity index (χ2v) is 4.73. The first-order valence-electron chi connectivity index (χ1n) is 7.15. The molecule has 0 saturated carbocycles. The first kappa shape index (κ1) is 15.4. The van der Waals surface area contributed by atoms with Gasteiger partial charge in [-0.25, -0.2) is 14.3 Å². The third-order valence-corrected chi connectivity index (χ3v) is 3.07. The van der Waals surface area contributed by atoms with E-state index < -0.39 is 0 Å². The van der Waals surface area contributed by atoms with Crippen LogP contribution in [0.4, 0.5) is 0 Å². The summed E-state index contributed by atoms with van der Waals surface area (Å²) in [7, 11) is 0. The minimum absolute atomic E-state index is 0.238. The van der Waals surface area contributed by atoms with E-state index in [1.54, 1.807) is 24.3 Å². The van der Waals surface area contributed by atoms with Crippen LogP contribution in [0.25, 0.3) is 11.9 Å². The number of carbonyl (C=O) groups is 1. The highest BCUT2D eigenvalue weighted by atomic mass is 16.3. The number of rotatable bonds is 6. The zero-order valence-electron chi connectivity index (χ0n) is 12.6. The summed E-state index contributed by atoms with van der Waals surface area (Å²) in [4.78, 5) is 27.3. The normalized spacial score (nSPS) is 11.0. The highest BCUT2D eigenvalue weighted by molar-refractivity contribution is 5.91. The minimum atomic E-state index is -0.285. The van der Waals surface area contributed by atoms with Crippen molar-refractivity contribution in [3.05, 3.63) is 65.4 Å². The second kappa shape index (κ2) is 7.18. The lowest BCUT2D eigenvalue weighted by molar-refractivity contribution is -0.116. The first-order chi connectivity index (χ1) is 11.7. The lowest BCUT2D eigenvalue weighted by Crippen LogP contribution is -2.31. The van der Waals surface area contributed by atoms with Crippen molar-refractivity contribution in [2.45, 2.75) is 6.54 Å². The molecule has 0 aliphatic heterocycles. The number of hydrogen-bond donors (Lipinski definition) is 1. The molecule has 3 heterocycles. The molecule has 0 unspecified atom stereocenters. The predicted octanol–water partition coefficient (Wildman–Crippen LogP) is 0.247. The van der Waals surface area contributed by atoms with Gasteiger partial charge in [0.05, 0.1) is 12.8 Å². The van der Waals surface area contributed by atoms with E-state index in [0.717, 1.165) is 0 Å². The number of aromatic nitrogens is 5. The summed E-state index contributed by atoms with van der Waals surface area (Å²) < 4.78 is 7.79. The SMILES string of the molecule is O=C(C=Cc1ccco1)NCCn1nc(-n2cncn2)ccc1=O. The number of nitrogens with one attached hydrogen (secondary N) is 1. The van der Waals surface area contributed by atoms with Crippen molar-refractivity contribution in [1.82, 2.24) is 29.9 Å². The Hall–Kier alpha value is -3.49. The van der Waals surface area contributed by atoms with Gasteiger partial charge in [0, 0.05) is 18.7 Å². The fourth-order valence-corrected chi connectivity index (χ4v) is 1.93. The van der Waals surface area contributed by atoms with Gasteiger partial charge in [0.25, 0.3) is 5.56 Å². The van der Waals surface area contributed by atoms with Gasteiger partial charge in [-0.05, 0) is 24.3 Å². The van der Waals surface area contributed by atoms with E-state index in [2.05, 4.69) is 20.5 Å². The number of carbonyl (C=O) groups excluding carboxylic acids is 1. The topological polar surface area (TPSA) is 108 Å². The maximum atomic E-state index is 11.8. The van der Waals surface area contributed by atoms with Crippen LogP contribution in [0.2, 0.25) is 0 Å². The summed E-state index contributed by atoms with van der Waals surface area (Å²) in [6, 6.07) is 6.42. The Bertz CT molecular complexity index is 880. The molecule has 9 nitrogen and oxygen atoms in total. The summed E-state index contributed by atoms with van der Waals surface area (Å²) in [6.07, 6.45) is 7.31. The van der Waals surface area contributed by atoms with Crippen molar-refractivity contribution in [3.63, 3.8) is 0 Å². The lowest BCUT2D eigenvalue weighted by atomic mass is 10.4. The van der Waals surface area contributed by atoms with Gasteiger partial charge in [0.15, 0.2) is 5.82 Å². The smallest absolute Gasteiger partial charge is 0.266 e. The lowest BCUT2D eigenvalue weighted by Gasteiger charge is -2.07. The van der Waals surface area contributed by atoms with Gasteiger partial charge in [-0.1, -0.05) is 0 Å². The average molecular weight is 326 g/mol. The van der Waals surface area contributed by atoms with Gasteiger partial charge in [0.2, 0.25) is 5.91 Å². The van der Waals surface area contributed by atoms with Gasteiger partial charge < -0.3 is 9.73 Å². The van der Waals surface area contributed by atoms with Crippen LogP contribution in [-0.2, 0) is 11.3 Å². The molecule has 0 bridgehead atoms. The molecule has 0 spiro atoms. The Morgan fingerprint density at radius 1 is 1.33 bits per heavy atom. The molecule has 3 aromatic heterocycles. The van der Waals surface area contributed by atoms with E-state index in [1.807, 2.05) is 0 Å². The number of furan rings is 1. The average Bonchev–Trinajstić information content (AvgIpc) is 3.28. The Kier molecular flexibility index (Phi) is 4.61. The third kappa shape index (κ3) is 3.83. The third-order valence-electron chi connectivity index (χ3n) is 3.07. The van der Waals surface area contributed by atoms with E-state index in [1.165, 1.54) is 40.4 Å². The van der Waals surface area contributed by atoms with Crippen molar-refractivity contribution in [1.29, 1.82) is 0 Å². The molecular formula is C15H14N6O3. The molecule has 122 valence electrons. The van der Waals surface area contributed by atoms with E-state index >= 15 is 0 Å². The number of hydrogen-bond acceptors (Lipinski definition) is 6. The van der Waals surface area contributed by atoms with E-state index in [0.29, 0.717) is 11.6 Å². The van der Waals surface area contributed by atoms with Gasteiger partial charge in [-0.3, -0.25) is 9.59 Å². The first-order valence-corrected chi connectivity index (χ1v) is 7.15. The van der Waals surface area contributed by atoms with Crippen LogP contribution in [0, 0.1) is 0 Å². The quantitative estimate of drug-likeness (QED) is 0.650. The molecule has 0 aromatic carbocycles. The Morgan fingerprint density at radius 2 is 2.25 bits per heavy atom. The molecule has 9 heteroatoms. The largest absolute Gasteiger partial charge is 0.465 e. The predicted molar refractivity (Wildman–Crippen MR) is 84.2 cm³/mol. The molecule has 3 rings (SSSR count). The van der Waals surface area contributed by atoms with Crippen LogP contribution in [0.5, 0.6) is 0 Å². The molecule has 1 amide bonds. The molecule has 1 N–H and O–H groups in total.